The van der Waals surface area contributed by atoms with Crippen molar-refractivity contribution < 1.29 is 0 Å². The molecule has 0 spiro atoms. The third-order valence-electron chi connectivity index (χ3n) is 3.62. The fourth-order valence-corrected chi connectivity index (χ4v) is 4.71. The second-order valence-electron chi connectivity index (χ2n) is 6.34. The summed E-state index contributed by atoms with van der Waals surface area (Å²) in [5.41, 5.74) is 4.88. The molecule has 0 N–H and O–H groups in total. The highest BCUT2D eigenvalue weighted by Gasteiger charge is 2.30. The van der Waals surface area contributed by atoms with Crippen molar-refractivity contribution in [2.75, 3.05) is 0 Å². The SMILES string of the molecule is CC1=[C]C2=C(CCCC2)C1C[Si](C)(C)C. The fourth-order valence-electron chi connectivity index (χ4n) is 2.93. The molecule has 1 heteroatoms. The molecule has 15 heavy (non-hydrogen) atoms. The molecule has 1 unspecified atom stereocenters. The second kappa shape index (κ2) is 3.93. The first-order valence-electron chi connectivity index (χ1n) is 6.30. The van der Waals surface area contributed by atoms with Crippen LogP contribution in [0.1, 0.15) is 32.6 Å². The minimum absolute atomic E-state index is 0.784. The van der Waals surface area contributed by atoms with Crippen LogP contribution < -0.4 is 0 Å². The molecule has 83 valence electrons. The lowest BCUT2D eigenvalue weighted by Crippen LogP contribution is -2.25. The summed E-state index contributed by atoms with van der Waals surface area (Å²) in [5.74, 6) is 0.784. The molecule has 0 aliphatic heterocycles. The van der Waals surface area contributed by atoms with Crippen molar-refractivity contribution >= 4 is 8.07 Å². The Kier molecular flexibility index (Phi) is 2.93. The minimum Gasteiger partial charge on any atom is -0.0695 e. The van der Waals surface area contributed by atoms with Crippen molar-refractivity contribution in [2.45, 2.75) is 58.3 Å². The van der Waals surface area contributed by atoms with Gasteiger partial charge in [-0.15, -0.1) is 0 Å². The predicted molar refractivity (Wildman–Crippen MR) is 69.6 cm³/mol. The van der Waals surface area contributed by atoms with E-state index in [4.69, 9.17) is 0 Å². The van der Waals surface area contributed by atoms with Gasteiger partial charge in [-0.2, -0.15) is 0 Å². The monoisotopic (exact) mass is 219 g/mol. The van der Waals surface area contributed by atoms with Gasteiger partial charge in [-0.1, -0.05) is 30.8 Å². The van der Waals surface area contributed by atoms with Crippen LogP contribution in [0.3, 0.4) is 0 Å². The van der Waals surface area contributed by atoms with Crippen molar-refractivity contribution in [1.82, 2.24) is 0 Å². The number of allylic oxidation sites excluding steroid dienone is 4. The predicted octanol–water partition coefficient (Wildman–Crippen LogP) is 4.57. The Bertz CT molecular complexity index is 315. The summed E-state index contributed by atoms with van der Waals surface area (Å²) in [5, 5.41) is 0. The van der Waals surface area contributed by atoms with Gasteiger partial charge in [-0.3, -0.25) is 0 Å². The maximum absolute atomic E-state index is 3.65. The molecule has 0 saturated heterocycles. The van der Waals surface area contributed by atoms with E-state index in [9.17, 15) is 0 Å². The van der Waals surface area contributed by atoms with Crippen molar-refractivity contribution in [3.63, 3.8) is 0 Å². The van der Waals surface area contributed by atoms with Crippen LogP contribution in [0, 0.1) is 12.0 Å². The van der Waals surface area contributed by atoms with Gasteiger partial charge < -0.3 is 0 Å². The van der Waals surface area contributed by atoms with E-state index in [1.54, 1.807) is 11.1 Å². The summed E-state index contributed by atoms with van der Waals surface area (Å²) in [6.45, 7) is 9.76. The van der Waals surface area contributed by atoms with Crippen LogP contribution >= 0.6 is 0 Å². The lowest BCUT2D eigenvalue weighted by Gasteiger charge is -2.26. The van der Waals surface area contributed by atoms with Crippen molar-refractivity contribution in [3.05, 3.63) is 22.8 Å². The molecule has 0 amide bonds. The number of hydrogen-bond donors (Lipinski definition) is 0. The molecule has 0 saturated carbocycles. The zero-order valence-corrected chi connectivity index (χ0v) is 11.6. The van der Waals surface area contributed by atoms with Gasteiger partial charge in [0.1, 0.15) is 0 Å². The first-order valence-corrected chi connectivity index (χ1v) is 10.0. The molecule has 0 aromatic heterocycles. The molecule has 2 rings (SSSR count). The van der Waals surface area contributed by atoms with E-state index in [1.165, 1.54) is 37.3 Å². The highest BCUT2D eigenvalue weighted by atomic mass is 28.3. The van der Waals surface area contributed by atoms with Gasteiger partial charge in [-0.25, -0.2) is 0 Å². The number of rotatable bonds is 2. The molecule has 1 atom stereocenters. The van der Waals surface area contributed by atoms with Crippen LogP contribution in [-0.4, -0.2) is 8.07 Å². The molecule has 0 heterocycles. The van der Waals surface area contributed by atoms with Gasteiger partial charge in [0.15, 0.2) is 0 Å². The summed E-state index contributed by atoms with van der Waals surface area (Å²) >= 11 is 0. The standard InChI is InChI=1S/C14H23Si/c1-11-9-12-7-5-6-8-13(12)14(11)10-15(2,3)4/h14H,5-8,10H2,1-4H3. The van der Waals surface area contributed by atoms with E-state index in [0.29, 0.717) is 0 Å². The van der Waals surface area contributed by atoms with Gasteiger partial charge in [0.2, 0.25) is 0 Å². The molecular weight excluding hydrogens is 196 g/mol. The number of hydrogen-bond acceptors (Lipinski definition) is 0. The molecule has 0 aromatic carbocycles. The van der Waals surface area contributed by atoms with Crippen LogP contribution in [0.4, 0.5) is 0 Å². The zero-order chi connectivity index (χ0) is 11.1. The molecule has 1 radical (unpaired) electrons. The van der Waals surface area contributed by atoms with Crippen LogP contribution in [0.15, 0.2) is 16.7 Å². The molecule has 0 bridgehead atoms. The topological polar surface area (TPSA) is 0 Å². The Hall–Kier alpha value is -0.303. The van der Waals surface area contributed by atoms with E-state index in [-0.39, 0.29) is 0 Å². The maximum Gasteiger partial charge on any atom is 0.0451 e. The Balaban J connectivity index is 2.18. The average molecular weight is 219 g/mol. The highest BCUT2D eigenvalue weighted by molar-refractivity contribution is 6.76. The van der Waals surface area contributed by atoms with E-state index < -0.39 is 8.07 Å². The van der Waals surface area contributed by atoms with Crippen LogP contribution in [-0.2, 0) is 0 Å². The smallest absolute Gasteiger partial charge is 0.0451 e. The lowest BCUT2D eigenvalue weighted by atomic mass is 9.88. The summed E-state index contributed by atoms with van der Waals surface area (Å²) in [6, 6.07) is 1.44. The Labute approximate surface area is 95.5 Å². The summed E-state index contributed by atoms with van der Waals surface area (Å²) in [4.78, 5) is 0. The largest absolute Gasteiger partial charge is 0.0695 e. The van der Waals surface area contributed by atoms with Crippen molar-refractivity contribution in [2.24, 2.45) is 5.92 Å². The third kappa shape index (κ3) is 2.44. The molecule has 0 aromatic rings. The van der Waals surface area contributed by atoms with Crippen molar-refractivity contribution in [1.29, 1.82) is 0 Å². The molecular formula is C14H23Si. The van der Waals surface area contributed by atoms with Gasteiger partial charge in [0, 0.05) is 8.07 Å². The normalized spacial score (nSPS) is 26.7. The molecule has 2 aliphatic rings. The van der Waals surface area contributed by atoms with Crippen LogP contribution in [0.5, 0.6) is 0 Å². The van der Waals surface area contributed by atoms with E-state index >= 15 is 0 Å². The van der Waals surface area contributed by atoms with E-state index in [1.807, 2.05) is 0 Å². The molecule has 2 aliphatic carbocycles. The van der Waals surface area contributed by atoms with Gasteiger partial charge in [-0.05, 0) is 56.2 Å². The summed E-state index contributed by atoms with van der Waals surface area (Å²) < 4.78 is 0. The van der Waals surface area contributed by atoms with E-state index in [0.717, 1.165) is 5.92 Å². The zero-order valence-electron chi connectivity index (χ0n) is 10.6. The average Bonchev–Trinajstić information content (AvgIpc) is 2.41. The summed E-state index contributed by atoms with van der Waals surface area (Å²) in [6.07, 6.45) is 9.10. The van der Waals surface area contributed by atoms with E-state index in [2.05, 4.69) is 32.6 Å². The molecule has 0 nitrogen and oxygen atoms in total. The van der Waals surface area contributed by atoms with Gasteiger partial charge in [0.05, 0.1) is 0 Å². The highest BCUT2D eigenvalue weighted by Crippen LogP contribution is 2.43. The Morgan fingerprint density at radius 2 is 1.87 bits per heavy atom. The van der Waals surface area contributed by atoms with Crippen LogP contribution in [0.25, 0.3) is 0 Å². The third-order valence-corrected chi connectivity index (χ3v) is 5.25. The fraction of sp³-hybridized carbons (Fsp3) is 0.714. The quantitative estimate of drug-likeness (QED) is 0.597. The van der Waals surface area contributed by atoms with Crippen molar-refractivity contribution in [3.8, 4) is 0 Å². The Morgan fingerprint density at radius 3 is 2.53 bits per heavy atom. The summed E-state index contributed by atoms with van der Waals surface area (Å²) in [7, 11) is -0.935. The molecule has 0 fully saturated rings. The van der Waals surface area contributed by atoms with Crippen LogP contribution in [0.2, 0.25) is 25.7 Å². The first-order chi connectivity index (χ1) is 6.97. The van der Waals surface area contributed by atoms with Gasteiger partial charge in [0.25, 0.3) is 0 Å². The maximum atomic E-state index is 3.65. The lowest BCUT2D eigenvalue weighted by molar-refractivity contribution is 0.633. The Morgan fingerprint density at radius 1 is 1.20 bits per heavy atom. The first kappa shape index (κ1) is 11.2. The minimum atomic E-state index is -0.935. The van der Waals surface area contributed by atoms with Gasteiger partial charge >= 0.3 is 0 Å². The second-order valence-corrected chi connectivity index (χ2v) is 11.9.